The highest BCUT2D eigenvalue weighted by atomic mass is 16.1. The van der Waals surface area contributed by atoms with Crippen molar-refractivity contribution >= 4 is 5.82 Å². The monoisotopic (exact) mass is 365 g/mol. The van der Waals surface area contributed by atoms with E-state index in [1.54, 1.807) is 17.1 Å². The van der Waals surface area contributed by atoms with Gasteiger partial charge in [-0.05, 0) is 69.8 Å². The number of aryl methyl sites for hydroxylation is 2. The summed E-state index contributed by atoms with van der Waals surface area (Å²) >= 11 is 0. The predicted molar refractivity (Wildman–Crippen MR) is 104 cm³/mol. The number of fused-ring (bicyclic) bond motifs is 1. The van der Waals surface area contributed by atoms with E-state index >= 15 is 0 Å². The number of hydrogen-bond donors (Lipinski definition) is 1. The summed E-state index contributed by atoms with van der Waals surface area (Å²) in [6.07, 6.45) is 14.5. The molecule has 0 atom stereocenters. The van der Waals surface area contributed by atoms with Crippen LogP contribution in [0.2, 0.25) is 0 Å². The summed E-state index contributed by atoms with van der Waals surface area (Å²) in [7, 11) is 0. The number of nitrogens with zero attached hydrogens (tertiary/aromatic N) is 4. The summed E-state index contributed by atoms with van der Waals surface area (Å²) in [5.41, 5.74) is 3.53. The van der Waals surface area contributed by atoms with Crippen LogP contribution in [-0.2, 0) is 12.8 Å². The number of anilines is 1. The Kier molecular flexibility index (Phi) is 4.42. The van der Waals surface area contributed by atoms with Gasteiger partial charge in [0.1, 0.15) is 5.82 Å². The van der Waals surface area contributed by atoms with E-state index in [1.807, 2.05) is 6.07 Å². The summed E-state index contributed by atoms with van der Waals surface area (Å²) in [5.74, 6) is 1.56. The van der Waals surface area contributed by atoms with Crippen molar-refractivity contribution in [2.45, 2.75) is 82.2 Å². The van der Waals surface area contributed by atoms with Gasteiger partial charge in [0, 0.05) is 30.4 Å². The highest BCUT2D eigenvalue weighted by Gasteiger charge is 2.30. The zero-order valence-electron chi connectivity index (χ0n) is 15.7. The molecular weight excluding hydrogens is 338 g/mol. The molecule has 5 rings (SSSR count). The smallest absolute Gasteiger partial charge is 0.267 e. The Labute approximate surface area is 159 Å². The lowest BCUT2D eigenvalue weighted by Gasteiger charge is -2.30. The topological polar surface area (TPSA) is 72.7 Å². The van der Waals surface area contributed by atoms with E-state index in [2.05, 4.69) is 15.3 Å². The Balaban J connectivity index is 1.26. The van der Waals surface area contributed by atoms with Gasteiger partial charge in [0.25, 0.3) is 5.56 Å². The van der Waals surface area contributed by atoms with E-state index in [9.17, 15) is 4.79 Å². The van der Waals surface area contributed by atoms with E-state index in [4.69, 9.17) is 5.10 Å². The minimum Gasteiger partial charge on any atom is -0.366 e. The second-order valence-corrected chi connectivity index (χ2v) is 8.32. The molecule has 2 fully saturated rings. The lowest BCUT2D eigenvalue weighted by Crippen LogP contribution is -2.34. The van der Waals surface area contributed by atoms with E-state index in [-0.39, 0.29) is 11.6 Å². The molecule has 0 aromatic carbocycles. The minimum atomic E-state index is 0.0806. The van der Waals surface area contributed by atoms with E-state index in [0.29, 0.717) is 12.0 Å². The number of rotatable bonds is 4. The van der Waals surface area contributed by atoms with Gasteiger partial charge < -0.3 is 5.32 Å². The molecule has 1 N–H and O–H groups in total. The molecule has 27 heavy (non-hydrogen) atoms. The first-order chi connectivity index (χ1) is 13.3. The van der Waals surface area contributed by atoms with Crippen LogP contribution in [0.15, 0.2) is 23.3 Å². The minimum absolute atomic E-state index is 0.0806. The zero-order valence-corrected chi connectivity index (χ0v) is 15.7. The van der Waals surface area contributed by atoms with Crippen LogP contribution in [0, 0.1) is 0 Å². The van der Waals surface area contributed by atoms with Gasteiger partial charge in [0.2, 0.25) is 0 Å². The van der Waals surface area contributed by atoms with Crippen molar-refractivity contribution in [3.05, 3.63) is 45.8 Å². The highest BCUT2D eigenvalue weighted by molar-refractivity contribution is 5.44. The van der Waals surface area contributed by atoms with Crippen LogP contribution in [0.5, 0.6) is 0 Å². The van der Waals surface area contributed by atoms with Gasteiger partial charge in [0.15, 0.2) is 0 Å². The maximum Gasteiger partial charge on any atom is 0.267 e. The first-order valence-corrected chi connectivity index (χ1v) is 10.5. The molecular formula is C21H27N5O. The van der Waals surface area contributed by atoms with Gasteiger partial charge in [-0.25, -0.2) is 9.67 Å². The maximum absolute atomic E-state index is 12.6. The molecule has 3 aliphatic carbocycles. The molecule has 0 saturated heterocycles. The SMILES string of the molecule is O=c1cc2c(nn1C1CCC(Nc3nccnc3C3CC3)CC1)CCCC2. The number of nitrogens with one attached hydrogen (secondary N) is 1. The van der Waals surface area contributed by atoms with Crippen molar-refractivity contribution < 1.29 is 0 Å². The Bertz CT molecular complexity index is 880. The van der Waals surface area contributed by atoms with Gasteiger partial charge in [0.05, 0.1) is 17.4 Å². The fourth-order valence-electron chi connectivity index (χ4n) is 4.61. The van der Waals surface area contributed by atoms with Gasteiger partial charge in [-0.15, -0.1) is 0 Å². The van der Waals surface area contributed by atoms with Crippen LogP contribution < -0.4 is 10.9 Å². The molecule has 0 spiro atoms. The van der Waals surface area contributed by atoms with Crippen molar-refractivity contribution in [3.63, 3.8) is 0 Å². The van der Waals surface area contributed by atoms with Crippen molar-refractivity contribution in [1.82, 2.24) is 19.7 Å². The van der Waals surface area contributed by atoms with E-state index in [1.165, 1.54) is 31.2 Å². The van der Waals surface area contributed by atoms with Gasteiger partial charge >= 0.3 is 0 Å². The van der Waals surface area contributed by atoms with Crippen molar-refractivity contribution in [2.75, 3.05) is 5.32 Å². The summed E-state index contributed by atoms with van der Waals surface area (Å²) in [5, 5.41) is 8.38. The Hall–Kier alpha value is -2.24. The third-order valence-corrected chi connectivity index (χ3v) is 6.31. The fraction of sp³-hybridized carbons (Fsp3) is 0.619. The molecule has 2 aromatic heterocycles. The molecule has 0 aliphatic heterocycles. The summed E-state index contributed by atoms with van der Waals surface area (Å²) in [4.78, 5) is 21.6. The van der Waals surface area contributed by atoms with Gasteiger partial charge in [-0.3, -0.25) is 9.78 Å². The second-order valence-electron chi connectivity index (χ2n) is 8.32. The zero-order chi connectivity index (χ0) is 18.2. The van der Waals surface area contributed by atoms with E-state index < -0.39 is 0 Å². The normalized spacial score (nSPS) is 25.0. The first kappa shape index (κ1) is 16.9. The standard InChI is InChI=1S/C21H27N5O/c27-19-13-15-3-1-2-4-18(15)25-26(19)17-9-7-16(8-10-17)24-21-20(14-5-6-14)22-11-12-23-21/h11-14,16-17H,1-10H2,(H,23,24). The molecule has 6 heteroatoms. The van der Waals surface area contributed by atoms with Crippen LogP contribution in [0.25, 0.3) is 0 Å². The van der Waals surface area contributed by atoms with Crippen molar-refractivity contribution in [1.29, 1.82) is 0 Å². The predicted octanol–water partition coefficient (Wildman–Crippen LogP) is 3.39. The number of aromatic nitrogens is 4. The van der Waals surface area contributed by atoms with Crippen LogP contribution >= 0.6 is 0 Å². The maximum atomic E-state index is 12.6. The first-order valence-electron chi connectivity index (χ1n) is 10.5. The summed E-state index contributed by atoms with van der Waals surface area (Å²) in [6, 6.07) is 2.48. The van der Waals surface area contributed by atoms with Gasteiger partial charge in [-0.1, -0.05) is 0 Å². The molecule has 142 valence electrons. The molecule has 0 unspecified atom stereocenters. The Morgan fingerprint density at radius 1 is 0.963 bits per heavy atom. The van der Waals surface area contributed by atoms with Crippen molar-refractivity contribution in [2.24, 2.45) is 0 Å². The third-order valence-electron chi connectivity index (χ3n) is 6.31. The molecule has 2 heterocycles. The average Bonchev–Trinajstić information content (AvgIpc) is 3.54. The second kappa shape index (κ2) is 7.06. The largest absolute Gasteiger partial charge is 0.366 e. The summed E-state index contributed by atoms with van der Waals surface area (Å²) in [6.45, 7) is 0. The molecule has 6 nitrogen and oxygen atoms in total. The number of hydrogen-bond acceptors (Lipinski definition) is 5. The van der Waals surface area contributed by atoms with Crippen LogP contribution in [-0.4, -0.2) is 25.8 Å². The lowest BCUT2D eigenvalue weighted by molar-refractivity contribution is 0.300. The van der Waals surface area contributed by atoms with Crippen LogP contribution in [0.3, 0.4) is 0 Å². The molecule has 0 bridgehead atoms. The lowest BCUT2D eigenvalue weighted by atomic mass is 9.91. The fourth-order valence-corrected chi connectivity index (χ4v) is 4.61. The molecule has 3 aliphatic rings. The molecule has 0 amide bonds. The van der Waals surface area contributed by atoms with Gasteiger partial charge in [-0.2, -0.15) is 5.10 Å². The van der Waals surface area contributed by atoms with Crippen LogP contribution in [0.1, 0.15) is 80.3 Å². The van der Waals surface area contributed by atoms with Crippen LogP contribution in [0.4, 0.5) is 5.82 Å². The average molecular weight is 365 g/mol. The van der Waals surface area contributed by atoms with Crippen molar-refractivity contribution in [3.8, 4) is 0 Å². The van der Waals surface area contributed by atoms with E-state index in [0.717, 1.165) is 55.7 Å². The Morgan fingerprint density at radius 2 is 1.74 bits per heavy atom. The molecule has 2 saturated carbocycles. The quantitative estimate of drug-likeness (QED) is 0.899. The Morgan fingerprint density at radius 3 is 2.56 bits per heavy atom. The molecule has 2 aromatic rings. The molecule has 0 radical (unpaired) electrons. The summed E-state index contributed by atoms with van der Waals surface area (Å²) < 4.78 is 1.78. The third kappa shape index (κ3) is 3.49. The highest BCUT2D eigenvalue weighted by Crippen LogP contribution is 2.42.